The topological polar surface area (TPSA) is 75.6 Å². The number of alkyl carbamates (subject to hydrolysis) is 1. The molecule has 2 N–H and O–H groups in total. The lowest BCUT2D eigenvalue weighted by Gasteiger charge is -2.27. The van der Waals surface area contributed by atoms with E-state index in [1.54, 1.807) is 0 Å². The molecule has 104 valence electrons. The van der Waals surface area contributed by atoms with E-state index in [2.05, 4.69) is 5.32 Å². The molecule has 1 rings (SSSR count). The van der Waals surface area contributed by atoms with Gasteiger partial charge in [-0.25, -0.2) is 4.79 Å². The smallest absolute Gasteiger partial charge is 0.407 e. The largest absolute Gasteiger partial charge is 0.481 e. The number of hydrogen-bond acceptors (Lipinski definition) is 3. The van der Waals surface area contributed by atoms with E-state index in [0.29, 0.717) is 13.0 Å². The van der Waals surface area contributed by atoms with Gasteiger partial charge in [0.1, 0.15) is 5.60 Å². The molecule has 0 heterocycles. The zero-order valence-electron chi connectivity index (χ0n) is 11.4. The van der Waals surface area contributed by atoms with Crippen molar-refractivity contribution in [2.24, 2.45) is 11.8 Å². The van der Waals surface area contributed by atoms with E-state index in [-0.39, 0.29) is 11.8 Å². The summed E-state index contributed by atoms with van der Waals surface area (Å²) in [6.07, 6.45) is 2.85. The highest BCUT2D eigenvalue weighted by Crippen LogP contribution is 2.28. The van der Waals surface area contributed by atoms with Crippen LogP contribution in [0.3, 0.4) is 0 Å². The van der Waals surface area contributed by atoms with Gasteiger partial charge in [0.15, 0.2) is 0 Å². The standard InChI is InChI=1S/C13H23NO4/c1-13(2,3)18-12(17)14-8-9-5-4-6-10(7-9)11(15)16/h9-10H,4-8H2,1-3H3,(H,14,17)(H,15,16)/t9?,10-/m1/s1. The fourth-order valence-corrected chi connectivity index (χ4v) is 2.24. The number of amides is 1. The number of hydrogen-bond donors (Lipinski definition) is 2. The Labute approximate surface area is 108 Å². The van der Waals surface area contributed by atoms with Crippen LogP contribution in [0.5, 0.6) is 0 Å². The number of carboxylic acids is 1. The number of carbonyl (C=O) groups is 2. The number of aliphatic carboxylic acids is 1. The second-order valence-corrected chi connectivity index (χ2v) is 5.95. The summed E-state index contributed by atoms with van der Waals surface area (Å²) in [5.74, 6) is -0.742. The van der Waals surface area contributed by atoms with Gasteiger partial charge in [-0.2, -0.15) is 0 Å². The minimum atomic E-state index is -0.725. The second-order valence-electron chi connectivity index (χ2n) is 5.95. The van der Waals surface area contributed by atoms with Gasteiger partial charge in [-0.3, -0.25) is 4.79 Å². The molecule has 18 heavy (non-hydrogen) atoms. The Morgan fingerprint density at radius 1 is 1.33 bits per heavy atom. The molecular formula is C13H23NO4. The average Bonchev–Trinajstić information content (AvgIpc) is 2.24. The van der Waals surface area contributed by atoms with Crippen LogP contribution in [0.25, 0.3) is 0 Å². The third-order valence-corrected chi connectivity index (χ3v) is 3.07. The molecule has 1 fully saturated rings. The summed E-state index contributed by atoms with van der Waals surface area (Å²) < 4.78 is 5.14. The fraction of sp³-hybridized carbons (Fsp3) is 0.846. The minimum absolute atomic E-state index is 0.243. The van der Waals surface area contributed by atoms with Gasteiger partial charge >= 0.3 is 12.1 Å². The van der Waals surface area contributed by atoms with Gasteiger partial charge in [-0.1, -0.05) is 6.42 Å². The molecule has 1 aliphatic carbocycles. The highest BCUT2D eigenvalue weighted by Gasteiger charge is 2.27. The summed E-state index contributed by atoms with van der Waals surface area (Å²) >= 11 is 0. The van der Waals surface area contributed by atoms with Crippen LogP contribution in [0.1, 0.15) is 46.5 Å². The minimum Gasteiger partial charge on any atom is -0.481 e. The van der Waals surface area contributed by atoms with Gasteiger partial charge in [0.05, 0.1) is 5.92 Å². The zero-order valence-corrected chi connectivity index (χ0v) is 11.4. The number of carbonyl (C=O) groups excluding carboxylic acids is 1. The molecule has 0 aromatic rings. The first-order chi connectivity index (χ1) is 8.28. The van der Waals surface area contributed by atoms with Crippen LogP contribution in [0, 0.1) is 11.8 Å². The first-order valence-corrected chi connectivity index (χ1v) is 6.47. The van der Waals surface area contributed by atoms with Gasteiger partial charge < -0.3 is 15.2 Å². The molecule has 5 nitrogen and oxygen atoms in total. The van der Waals surface area contributed by atoms with E-state index in [4.69, 9.17) is 9.84 Å². The van der Waals surface area contributed by atoms with Crippen molar-refractivity contribution in [3.8, 4) is 0 Å². The molecule has 1 amide bonds. The molecule has 0 spiro atoms. The fourth-order valence-electron chi connectivity index (χ4n) is 2.24. The number of ether oxygens (including phenoxy) is 1. The van der Waals surface area contributed by atoms with Gasteiger partial charge in [-0.15, -0.1) is 0 Å². The summed E-state index contributed by atoms with van der Waals surface area (Å²) in [5, 5.41) is 11.7. The normalized spacial score (nSPS) is 24.4. The number of carboxylic acid groups (broad SMARTS) is 1. The molecule has 1 unspecified atom stereocenters. The summed E-state index contributed by atoms with van der Waals surface area (Å²) in [4.78, 5) is 22.4. The molecule has 1 aliphatic rings. The Balaban J connectivity index is 2.31. The first kappa shape index (κ1) is 14.8. The first-order valence-electron chi connectivity index (χ1n) is 6.47. The maximum atomic E-state index is 11.5. The summed E-state index contributed by atoms with van der Waals surface area (Å²) in [5.41, 5.74) is -0.500. The third-order valence-electron chi connectivity index (χ3n) is 3.07. The van der Waals surface area contributed by atoms with Crippen LogP contribution >= 0.6 is 0 Å². The highest BCUT2D eigenvalue weighted by atomic mass is 16.6. The van der Waals surface area contributed by atoms with E-state index in [1.807, 2.05) is 20.8 Å². The molecule has 0 aliphatic heterocycles. The molecule has 1 saturated carbocycles. The van der Waals surface area contributed by atoms with Crippen molar-refractivity contribution in [1.29, 1.82) is 0 Å². The SMILES string of the molecule is CC(C)(C)OC(=O)NCC1CCC[C@@H](C(=O)O)C1. The lowest BCUT2D eigenvalue weighted by atomic mass is 9.81. The Kier molecular flexibility index (Phi) is 4.99. The maximum Gasteiger partial charge on any atom is 0.407 e. The third kappa shape index (κ3) is 5.38. The van der Waals surface area contributed by atoms with Crippen molar-refractivity contribution in [2.45, 2.75) is 52.1 Å². The van der Waals surface area contributed by atoms with Gasteiger partial charge in [-0.05, 0) is 46.0 Å². The lowest BCUT2D eigenvalue weighted by Crippen LogP contribution is -2.37. The maximum absolute atomic E-state index is 11.5. The molecule has 5 heteroatoms. The summed E-state index contributed by atoms with van der Waals surface area (Å²) in [7, 11) is 0. The van der Waals surface area contributed by atoms with Crippen molar-refractivity contribution in [2.75, 3.05) is 6.54 Å². The molecule has 0 aromatic heterocycles. The van der Waals surface area contributed by atoms with Crippen molar-refractivity contribution in [3.63, 3.8) is 0 Å². The van der Waals surface area contributed by atoms with Crippen LogP contribution in [0.2, 0.25) is 0 Å². The Bertz CT molecular complexity index is 309. The average molecular weight is 257 g/mol. The Morgan fingerprint density at radius 2 is 2.00 bits per heavy atom. The van der Waals surface area contributed by atoms with E-state index in [9.17, 15) is 9.59 Å². The van der Waals surface area contributed by atoms with Crippen molar-refractivity contribution in [3.05, 3.63) is 0 Å². The van der Waals surface area contributed by atoms with E-state index >= 15 is 0 Å². The molecule has 0 saturated heterocycles. The molecular weight excluding hydrogens is 234 g/mol. The van der Waals surface area contributed by atoms with Crippen LogP contribution in [-0.4, -0.2) is 29.3 Å². The Hall–Kier alpha value is -1.26. The highest BCUT2D eigenvalue weighted by molar-refractivity contribution is 5.70. The molecule has 0 aromatic carbocycles. The predicted octanol–water partition coefficient (Wildman–Crippen LogP) is 2.40. The number of rotatable bonds is 3. The van der Waals surface area contributed by atoms with Gasteiger partial charge in [0.25, 0.3) is 0 Å². The van der Waals surface area contributed by atoms with Crippen molar-refractivity contribution >= 4 is 12.1 Å². The van der Waals surface area contributed by atoms with Crippen LogP contribution in [0.15, 0.2) is 0 Å². The Morgan fingerprint density at radius 3 is 2.56 bits per heavy atom. The van der Waals surface area contributed by atoms with Gasteiger partial charge in [0.2, 0.25) is 0 Å². The van der Waals surface area contributed by atoms with Crippen LogP contribution < -0.4 is 5.32 Å². The zero-order chi connectivity index (χ0) is 13.8. The molecule has 2 atom stereocenters. The van der Waals surface area contributed by atoms with Gasteiger partial charge in [0, 0.05) is 6.54 Å². The van der Waals surface area contributed by atoms with Crippen molar-refractivity contribution < 1.29 is 19.4 Å². The predicted molar refractivity (Wildman–Crippen MR) is 67.3 cm³/mol. The van der Waals surface area contributed by atoms with Crippen LogP contribution in [-0.2, 0) is 9.53 Å². The number of nitrogens with one attached hydrogen (secondary N) is 1. The summed E-state index contributed by atoms with van der Waals surface area (Å²) in [6.45, 7) is 5.94. The van der Waals surface area contributed by atoms with Crippen LogP contribution in [0.4, 0.5) is 4.79 Å². The lowest BCUT2D eigenvalue weighted by molar-refractivity contribution is -0.143. The van der Waals surface area contributed by atoms with E-state index in [1.165, 1.54) is 0 Å². The monoisotopic (exact) mass is 257 g/mol. The molecule has 0 radical (unpaired) electrons. The molecule has 0 bridgehead atoms. The van der Waals surface area contributed by atoms with E-state index in [0.717, 1.165) is 19.3 Å². The summed E-state index contributed by atoms with van der Waals surface area (Å²) in [6, 6.07) is 0. The van der Waals surface area contributed by atoms with E-state index < -0.39 is 17.7 Å². The quantitative estimate of drug-likeness (QED) is 0.814. The second kappa shape index (κ2) is 6.07. The van der Waals surface area contributed by atoms with Crippen molar-refractivity contribution in [1.82, 2.24) is 5.32 Å².